The second kappa shape index (κ2) is 7.93. The van der Waals surface area contributed by atoms with Crippen LogP contribution in [0.1, 0.15) is 37.0 Å². The molecule has 1 aromatic rings. The first-order valence-electron chi connectivity index (χ1n) is 7.91. The van der Waals surface area contributed by atoms with Crippen LogP contribution in [0.5, 0.6) is 0 Å². The van der Waals surface area contributed by atoms with E-state index >= 15 is 0 Å². The fourth-order valence-corrected chi connectivity index (χ4v) is 3.50. The van der Waals surface area contributed by atoms with Crippen molar-refractivity contribution in [2.45, 2.75) is 26.7 Å². The SMILES string of the molecule is C[C@@H]1C[C@@H](C)CN(CCCNC(=O)c2ccc(F)cc2Cl)C1. The van der Waals surface area contributed by atoms with E-state index in [4.69, 9.17) is 11.6 Å². The van der Waals surface area contributed by atoms with Gasteiger partial charge >= 0.3 is 0 Å². The van der Waals surface area contributed by atoms with Gasteiger partial charge in [-0.2, -0.15) is 0 Å². The van der Waals surface area contributed by atoms with Crippen molar-refractivity contribution >= 4 is 17.5 Å². The number of carbonyl (C=O) groups excluding carboxylic acids is 1. The Hall–Kier alpha value is -1.13. The molecule has 2 atom stereocenters. The summed E-state index contributed by atoms with van der Waals surface area (Å²) in [6, 6.07) is 3.82. The molecular weight excluding hydrogens is 303 g/mol. The molecule has 2 rings (SSSR count). The average Bonchev–Trinajstić information content (AvgIpc) is 2.42. The molecule has 1 saturated heterocycles. The molecule has 1 amide bonds. The second-order valence-corrected chi connectivity index (χ2v) is 6.85. The second-order valence-electron chi connectivity index (χ2n) is 6.44. The minimum atomic E-state index is -0.435. The third kappa shape index (κ3) is 4.96. The maximum absolute atomic E-state index is 13.0. The maximum Gasteiger partial charge on any atom is 0.252 e. The van der Waals surface area contributed by atoms with Gasteiger partial charge in [0.2, 0.25) is 0 Å². The van der Waals surface area contributed by atoms with Gasteiger partial charge in [-0.3, -0.25) is 4.79 Å². The molecule has 1 fully saturated rings. The van der Waals surface area contributed by atoms with E-state index in [0.29, 0.717) is 12.1 Å². The maximum atomic E-state index is 13.0. The van der Waals surface area contributed by atoms with Gasteiger partial charge in [0.15, 0.2) is 0 Å². The third-order valence-electron chi connectivity index (χ3n) is 4.06. The van der Waals surface area contributed by atoms with E-state index in [1.54, 1.807) is 0 Å². The van der Waals surface area contributed by atoms with Crippen molar-refractivity contribution in [3.8, 4) is 0 Å². The van der Waals surface area contributed by atoms with Crippen molar-refractivity contribution < 1.29 is 9.18 Å². The van der Waals surface area contributed by atoms with E-state index in [2.05, 4.69) is 24.1 Å². The quantitative estimate of drug-likeness (QED) is 0.839. The van der Waals surface area contributed by atoms with Gasteiger partial charge in [-0.1, -0.05) is 25.4 Å². The lowest BCUT2D eigenvalue weighted by molar-refractivity contribution is 0.0947. The highest BCUT2D eigenvalue weighted by molar-refractivity contribution is 6.33. The van der Waals surface area contributed by atoms with Crippen LogP contribution in [0.15, 0.2) is 18.2 Å². The van der Waals surface area contributed by atoms with Crippen LogP contribution < -0.4 is 5.32 Å². The molecule has 1 aliphatic rings. The molecule has 1 aromatic carbocycles. The number of nitrogens with zero attached hydrogens (tertiary/aromatic N) is 1. The summed E-state index contributed by atoms with van der Waals surface area (Å²) in [5, 5.41) is 3.00. The molecule has 122 valence electrons. The number of benzene rings is 1. The average molecular weight is 327 g/mol. The molecule has 0 saturated carbocycles. The lowest BCUT2D eigenvalue weighted by Gasteiger charge is -2.34. The van der Waals surface area contributed by atoms with Crippen molar-refractivity contribution in [1.82, 2.24) is 10.2 Å². The smallest absolute Gasteiger partial charge is 0.252 e. The largest absolute Gasteiger partial charge is 0.352 e. The number of amides is 1. The molecule has 3 nitrogen and oxygen atoms in total. The third-order valence-corrected chi connectivity index (χ3v) is 4.37. The first-order valence-corrected chi connectivity index (χ1v) is 8.29. The normalized spacial score (nSPS) is 22.5. The van der Waals surface area contributed by atoms with Crippen LogP contribution in [0.25, 0.3) is 0 Å². The van der Waals surface area contributed by atoms with Crippen LogP contribution in [-0.2, 0) is 0 Å². The summed E-state index contributed by atoms with van der Waals surface area (Å²) in [5.41, 5.74) is 0.322. The highest BCUT2D eigenvalue weighted by Crippen LogP contribution is 2.21. The van der Waals surface area contributed by atoms with Gasteiger partial charge < -0.3 is 10.2 Å². The van der Waals surface area contributed by atoms with Crippen LogP contribution in [0.4, 0.5) is 4.39 Å². The molecule has 0 unspecified atom stereocenters. The molecule has 0 bridgehead atoms. The Balaban J connectivity index is 1.73. The highest BCUT2D eigenvalue weighted by atomic mass is 35.5. The van der Waals surface area contributed by atoms with E-state index in [0.717, 1.165) is 44.0 Å². The number of nitrogens with one attached hydrogen (secondary N) is 1. The predicted molar refractivity (Wildman–Crippen MR) is 87.7 cm³/mol. The van der Waals surface area contributed by atoms with Gasteiger partial charge in [0.25, 0.3) is 5.91 Å². The minimum Gasteiger partial charge on any atom is -0.352 e. The number of rotatable bonds is 5. The molecular formula is C17H24ClFN2O. The Labute approximate surface area is 136 Å². The Bertz CT molecular complexity index is 513. The van der Waals surface area contributed by atoms with Gasteiger partial charge in [0, 0.05) is 19.6 Å². The summed E-state index contributed by atoms with van der Waals surface area (Å²) in [5.74, 6) is 0.813. The van der Waals surface area contributed by atoms with Crippen LogP contribution in [-0.4, -0.2) is 37.0 Å². The molecule has 5 heteroatoms. The summed E-state index contributed by atoms with van der Waals surface area (Å²) >= 11 is 5.88. The van der Waals surface area contributed by atoms with Crippen molar-refractivity contribution in [1.29, 1.82) is 0 Å². The fourth-order valence-electron chi connectivity index (χ4n) is 3.25. The predicted octanol–water partition coefficient (Wildman–Crippen LogP) is 3.58. The molecule has 1 N–H and O–H groups in total. The number of hydrogen-bond acceptors (Lipinski definition) is 2. The zero-order chi connectivity index (χ0) is 16.1. The Morgan fingerprint density at radius 3 is 2.68 bits per heavy atom. The van der Waals surface area contributed by atoms with E-state index in [1.807, 2.05) is 0 Å². The standard InChI is InChI=1S/C17H24ClFN2O/c1-12-8-13(2)11-21(10-12)7-3-6-20-17(22)15-5-4-14(19)9-16(15)18/h4-5,9,12-13H,3,6-8,10-11H2,1-2H3,(H,20,22)/t12-,13-/m1/s1. The summed E-state index contributed by atoms with van der Waals surface area (Å²) in [7, 11) is 0. The number of hydrogen-bond donors (Lipinski definition) is 1. The van der Waals surface area contributed by atoms with Crippen molar-refractivity contribution in [2.24, 2.45) is 11.8 Å². The first kappa shape index (κ1) is 17.2. The van der Waals surface area contributed by atoms with Crippen LogP contribution >= 0.6 is 11.6 Å². The van der Waals surface area contributed by atoms with E-state index in [9.17, 15) is 9.18 Å². The Morgan fingerprint density at radius 2 is 2.05 bits per heavy atom. The molecule has 0 spiro atoms. The summed E-state index contributed by atoms with van der Waals surface area (Å²) in [6.07, 6.45) is 2.21. The van der Waals surface area contributed by atoms with Gasteiger partial charge in [-0.25, -0.2) is 4.39 Å². The summed E-state index contributed by atoms with van der Waals surface area (Å²) in [6.45, 7) is 8.46. The van der Waals surface area contributed by atoms with E-state index < -0.39 is 5.82 Å². The van der Waals surface area contributed by atoms with Crippen molar-refractivity contribution in [2.75, 3.05) is 26.2 Å². The van der Waals surface area contributed by atoms with E-state index in [-0.39, 0.29) is 10.9 Å². The molecule has 1 aliphatic heterocycles. The number of piperidine rings is 1. The zero-order valence-electron chi connectivity index (χ0n) is 13.2. The van der Waals surface area contributed by atoms with Crippen molar-refractivity contribution in [3.63, 3.8) is 0 Å². The number of likely N-dealkylation sites (tertiary alicyclic amines) is 1. The number of halogens is 2. The lowest BCUT2D eigenvalue weighted by Crippen LogP contribution is -2.40. The number of carbonyl (C=O) groups is 1. The molecule has 0 radical (unpaired) electrons. The van der Waals surface area contributed by atoms with Gasteiger partial charge in [0.05, 0.1) is 10.6 Å². The Morgan fingerprint density at radius 1 is 1.36 bits per heavy atom. The molecule has 0 aromatic heterocycles. The van der Waals surface area contributed by atoms with Crippen LogP contribution in [0, 0.1) is 17.7 Å². The van der Waals surface area contributed by atoms with E-state index in [1.165, 1.54) is 18.6 Å². The first-order chi connectivity index (χ1) is 10.5. The van der Waals surface area contributed by atoms with Crippen LogP contribution in [0.2, 0.25) is 5.02 Å². The molecule has 22 heavy (non-hydrogen) atoms. The minimum absolute atomic E-state index is 0.149. The van der Waals surface area contributed by atoms with Crippen LogP contribution in [0.3, 0.4) is 0 Å². The highest BCUT2D eigenvalue weighted by Gasteiger charge is 2.21. The monoisotopic (exact) mass is 326 g/mol. The lowest BCUT2D eigenvalue weighted by atomic mass is 9.92. The Kier molecular flexibility index (Phi) is 6.21. The fraction of sp³-hybridized carbons (Fsp3) is 0.588. The zero-order valence-corrected chi connectivity index (χ0v) is 14.0. The van der Waals surface area contributed by atoms with Gasteiger partial charge in [-0.05, 0) is 49.4 Å². The van der Waals surface area contributed by atoms with Gasteiger partial charge in [0.1, 0.15) is 5.82 Å². The summed E-state index contributed by atoms with van der Waals surface area (Å²) < 4.78 is 13.0. The molecule has 0 aliphatic carbocycles. The molecule has 1 heterocycles. The van der Waals surface area contributed by atoms with Crippen molar-refractivity contribution in [3.05, 3.63) is 34.6 Å². The summed E-state index contributed by atoms with van der Waals surface area (Å²) in [4.78, 5) is 14.5. The van der Waals surface area contributed by atoms with Gasteiger partial charge in [-0.15, -0.1) is 0 Å². The topological polar surface area (TPSA) is 32.3 Å².